The molecule has 2 aliphatic rings. The molecule has 2 fully saturated rings. The van der Waals surface area contributed by atoms with E-state index in [1.807, 2.05) is 20.8 Å². The summed E-state index contributed by atoms with van der Waals surface area (Å²) in [5.41, 5.74) is -0.486. The number of carbonyl (C=O) groups excluding carboxylic acids is 2. The van der Waals surface area contributed by atoms with Gasteiger partial charge in [0.05, 0.1) is 6.54 Å². The fourth-order valence-electron chi connectivity index (χ4n) is 1.96. The third-order valence-corrected chi connectivity index (χ3v) is 2.79. The number of Topliss-reactive ketones (excluding diaryl/α,β-unsaturated/α-hetero) is 1. The Morgan fingerprint density at radius 1 is 1.47 bits per heavy atom. The maximum atomic E-state index is 11.7. The molecule has 4 nitrogen and oxygen atoms in total. The van der Waals surface area contributed by atoms with Gasteiger partial charge in [0.2, 0.25) is 0 Å². The van der Waals surface area contributed by atoms with Crippen LogP contribution in [0.25, 0.3) is 0 Å². The zero-order valence-corrected chi connectivity index (χ0v) is 9.45. The molecule has 1 aliphatic heterocycles. The van der Waals surface area contributed by atoms with Gasteiger partial charge in [-0.3, -0.25) is 4.79 Å². The summed E-state index contributed by atoms with van der Waals surface area (Å²) in [5, 5.41) is 0. The van der Waals surface area contributed by atoms with Crippen molar-refractivity contribution in [3.05, 3.63) is 0 Å². The van der Waals surface area contributed by atoms with Gasteiger partial charge >= 0.3 is 6.09 Å². The molecule has 1 heterocycles. The summed E-state index contributed by atoms with van der Waals surface area (Å²) in [6.45, 7) is 6.41. The van der Waals surface area contributed by atoms with Gasteiger partial charge in [-0.15, -0.1) is 0 Å². The van der Waals surface area contributed by atoms with Crippen LogP contribution in [0.15, 0.2) is 0 Å². The molecule has 1 saturated carbocycles. The lowest BCUT2D eigenvalue weighted by molar-refractivity contribution is -0.123. The van der Waals surface area contributed by atoms with Gasteiger partial charge in [-0.2, -0.15) is 0 Å². The van der Waals surface area contributed by atoms with Crippen molar-refractivity contribution in [3.63, 3.8) is 0 Å². The number of carbonyl (C=O) groups is 2. The van der Waals surface area contributed by atoms with E-state index in [0.717, 1.165) is 6.42 Å². The van der Waals surface area contributed by atoms with Crippen LogP contribution >= 0.6 is 0 Å². The number of likely N-dealkylation sites (tertiary alicyclic amines) is 1. The van der Waals surface area contributed by atoms with E-state index in [2.05, 4.69) is 0 Å². The molecule has 0 aromatic rings. The Kier molecular flexibility index (Phi) is 2.24. The standard InChI is InChI=1S/C11H17NO3/c1-11(2,3)15-10(14)12-5-7-4-8(7)9(13)6-12/h7-8H,4-6H2,1-3H3/t7-,8-/m0/s1. The average Bonchev–Trinajstić information content (AvgIpc) is 2.79. The van der Waals surface area contributed by atoms with Crippen LogP contribution in [-0.4, -0.2) is 35.5 Å². The van der Waals surface area contributed by atoms with Crippen LogP contribution in [0.1, 0.15) is 27.2 Å². The highest BCUT2D eigenvalue weighted by molar-refractivity contribution is 5.89. The van der Waals surface area contributed by atoms with Crippen LogP contribution < -0.4 is 0 Å². The second-order valence-electron chi connectivity index (χ2n) is 5.43. The van der Waals surface area contributed by atoms with Crippen molar-refractivity contribution in [3.8, 4) is 0 Å². The average molecular weight is 211 g/mol. The van der Waals surface area contributed by atoms with E-state index in [0.29, 0.717) is 12.5 Å². The smallest absolute Gasteiger partial charge is 0.410 e. The molecule has 0 spiro atoms. The van der Waals surface area contributed by atoms with E-state index in [1.54, 1.807) is 0 Å². The molecule has 84 valence electrons. The van der Waals surface area contributed by atoms with Gasteiger partial charge in [0.1, 0.15) is 5.60 Å². The number of ketones is 1. The van der Waals surface area contributed by atoms with Crippen molar-refractivity contribution in [2.45, 2.75) is 32.8 Å². The van der Waals surface area contributed by atoms with Crippen molar-refractivity contribution in [2.24, 2.45) is 11.8 Å². The van der Waals surface area contributed by atoms with E-state index in [-0.39, 0.29) is 24.3 Å². The number of hydrogen-bond acceptors (Lipinski definition) is 3. The van der Waals surface area contributed by atoms with E-state index in [1.165, 1.54) is 4.90 Å². The van der Waals surface area contributed by atoms with Crippen molar-refractivity contribution in [2.75, 3.05) is 13.1 Å². The fourth-order valence-corrected chi connectivity index (χ4v) is 1.96. The molecule has 4 heteroatoms. The minimum atomic E-state index is -0.486. The normalized spacial score (nSPS) is 29.8. The summed E-state index contributed by atoms with van der Waals surface area (Å²) in [6, 6.07) is 0. The summed E-state index contributed by atoms with van der Waals surface area (Å²) in [5.74, 6) is 0.833. The Balaban J connectivity index is 1.93. The highest BCUT2D eigenvalue weighted by atomic mass is 16.6. The van der Waals surface area contributed by atoms with Crippen LogP contribution in [0.5, 0.6) is 0 Å². The molecular formula is C11H17NO3. The SMILES string of the molecule is CC(C)(C)OC(=O)N1CC(=O)[C@H]2C[C@H]2C1. The summed E-state index contributed by atoms with van der Waals surface area (Å²) >= 11 is 0. The number of hydrogen-bond donors (Lipinski definition) is 0. The topological polar surface area (TPSA) is 46.6 Å². The predicted octanol–water partition coefficient (Wildman–Crippen LogP) is 1.44. The number of fused-ring (bicyclic) bond motifs is 1. The number of rotatable bonds is 0. The molecule has 0 aromatic carbocycles. The summed E-state index contributed by atoms with van der Waals surface area (Å²) in [6.07, 6.45) is 0.596. The van der Waals surface area contributed by atoms with E-state index >= 15 is 0 Å². The number of nitrogens with zero attached hydrogens (tertiary/aromatic N) is 1. The van der Waals surface area contributed by atoms with E-state index in [4.69, 9.17) is 4.74 Å². The van der Waals surface area contributed by atoms with Crippen LogP contribution in [0.4, 0.5) is 4.79 Å². The first kappa shape index (κ1) is 10.5. The first-order valence-electron chi connectivity index (χ1n) is 5.37. The molecule has 0 aromatic heterocycles. The zero-order valence-electron chi connectivity index (χ0n) is 9.45. The Morgan fingerprint density at radius 2 is 2.13 bits per heavy atom. The lowest BCUT2D eigenvalue weighted by Crippen LogP contribution is -2.44. The third-order valence-electron chi connectivity index (χ3n) is 2.79. The molecule has 1 aliphatic carbocycles. The quantitative estimate of drug-likeness (QED) is 0.609. The lowest BCUT2D eigenvalue weighted by atomic mass is 10.1. The highest BCUT2D eigenvalue weighted by Crippen LogP contribution is 2.42. The van der Waals surface area contributed by atoms with Crippen molar-refractivity contribution in [1.82, 2.24) is 4.90 Å². The van der Waals surface area contributed by atoms with Gasteiger partial charge in [-0.25, -0.2) is 4.79 Å². The van der Waals surface area contributed by atoms with E-state index < -0.39 is 5.60 Å². The van der Waals surface area contributed by atoms with Gasteiger partial charge in [-0.05, 0) is 33.1 Å². The monoisotopic (exact) mass is 211 g/mol. The molecule has 0 N–H and O–H groups in total. The van der Waals surface area contributed by atoms with Crippen LogP contribution in [0, 0.1) is 11.8 Å². The highest BCUT2D eigenvalue weighted by Gasteiger charge is 2.49. The Hall–Kier alpha value is -1.06. The summed E-state index contributed by atoms with van der Waals surface area (Å²) < 4.78 is 5.23. The first-order chi connectivity index (χ1) is 6.87. The van der Waals surface area contributed by atoms with Crippen molar-refractivity contribution in [1.29, 1.82) is 0 Å². The predicted molar refractivity (Wildman–Crippen MR) is 54.4 cm³/mol. The van der Waals surface area contributed by atoms with Gasteiger partial charge in [-0.1, -0.05) is 0 Å². The maximum absolute atomic E-state index is 11.7. The number of ether oxygens (including phenoxy) is 1. The lowest BCUT2D eigenvalue weighted by Gasteiger charge is -2.29. The largest absolute Gasteiger partial charge is 0.444 e. The van der Waals surface area contributed by atoms with Crippen LogP contribution in [0.3, 0.4) is 0 Å². The number of piperidine rings is 1. The van der Waals surface area contributed by atoms with Gasteiger partial charge < -0.3 is 9.64 Å². The molecule has 2 atom stereocenters. The molecule has 0 radical (unpaired) electrons. The molecule has 15 heavy (non-hydrogen) atoms. The van der Waals surface area contributed by atoms with E-state index in [9.17, 15) is 9.59 Å². The Labute approximate surface area is 89.6 Å². The molecule has 1 saturated heterocycles. The molecule has 1 amide bonds. The maximum Gasteiger partial charge on any atom is 0.410 e. The van der Waals surface area contributed by atoms with Gasteiger partial charge in [0, 0.05) is 12.5 Å². The van der Waals surface area contributed by atoms with Gasteiger partial charge in [0.15, 0.2) is 5.78 Å². The zero-order chi connectivity index (χ0) is 11.2. The van der Waals surface area contributed by atoms with Crippen LogP contribution in [-0.2, 0) is 9.53 Å². The first-order valence-corrected chi connectivity index (χ1v) is 5.37. The van der Waals surface area contributed by atoms with Gasteiger partial charge in [0.25, 0.3) is 0 Å². The Morgan fingerprint density at radius 3 is 2.67 bits per heavy atom. The molecule has 2 rings (SSSR count). The summed E-state index contributed by atoms with van der Waals surface area (Å²) in [7, 11) is 0. The second-order valence-corrected chi connectivity index (χ2v) is 5.43. The molecule has 0 bridgehead atoms. The molecule has 0 unspecified atom stereocenters. The van der Waals surface area contributed by atoms with Crippen molar-refractivity contribution < 1.29 is 14.3 Å². The third kappa shape index (κ3) is 2.30. The number of amides is 1. The minimum Gasteiger partial charge on any atom is -0.444 e. The van der Waals surface area contributed by atoms with Crippen LogP contribution in [0.2, 0.25) is 0 Å². The minimum absolute atomic E-state index is 0.192. The summed E-state index contributed by atoms with van der Waals surface area (Å²) in [4.78, 5) is 24.7. The fraction of sp³-hybridized carbons (Fsp3) is 0.818. The Bertz CT molecular complexity index is 305. The molecular weight excluding hydrogens is 194 g/mol. The second kappa shape index (κ2) is 3.22. The van der Waals surface area contributed by atoms with Crippen molar-refractivity contribution >= 4 is 11.9 Å².